The molecular weight excluding hydrogens is 188 g/mol. The molecule has 0 aliphatic rings. The maximum absolute atomic E-state index is 10.8. The number of halogens is 1. The van der Waals surface area contributed by atoms with Crippen molar-refractivity contribution in [1.29, 1.82) is 0 Å². The Kier molecular flexibility index (Phi) is 2.41. The number of nitrogens with zero attached hydrogens (tertiary/aromatic N) is 1. The van der Waals surface area contributed by atoms with Crippen molar-refractivity contribution in [2.24, 2.45) is 0 Å². The molecule has 0 aliphatic heterocycles. The van der Waals surface area contributed by atoms with Gasteiger partial charge in [0, 0.05) is 12.4 Å². The molecule has 0 fully saturated rings. The van der Waals surface area contributed by atoms with E-state index in [1.165, 1.54) is 4.68 Å². The van der Waals surface area contributed by atoms with Crippen LogP contribution in [0.4, 0.5) is 0 Å². The van der Waals surface area contributed by atoms with Gasteiger partial charge < -0.3 is 0 Å². The highest BCUT2D eigenvalue weighted by Gasteiger charge is 2.05. The molecule has 1 aromatic heterocycles. The molecule has 0 saturated carbocycles. The van der Waals surface area contributed by atoms with Crippen molar-refractivity contribution in [2.75, 3.05) is 10.0 Å². The van der Waals surface area contributed by atoms with E-state index in [4.69, 9.17) is 11.6 Å². The number of aromatic nitrogens is 1. The first-order valence-electron chi connectivity index (χ1n) is 2.83. The molecule has 1 heterocycles. The Morgan fingerprint density at radius 2 is 1.91 bits per heavy atom. The van der Waals surface area contributed by atoms with E-state index in [1.54, 1.807) is 24.5 Å². The van der Waals surface area contributed by atoms with Crippen molar-refractivity contribution in [2.45, 2.75) is 0 Å². The maximum atomic E-state index is 10.8. The first-order valence-corrected chi connectivity index (χ1v) is 5.02. The Balaban J connectivity index is 2.72. The van der Waals surface area contributed by atoms with Crippen molar-refractivity contribution in [3.05, 3.63) is 24.5 Å². The molecule has 62 valence electrons. The first kappa shape index (κ1) is 8.42. The third-order valence-corrected chi connectivity index (χ3v) is 2.63. The quantitative estimate of drug-likeness (QED) is 0.715. The summed E-state index contributed by atoms with van der Waals surface area (Å²) in [4.78, 5) is 2.20. The van der Waals surface area contributed by atoms with Crippen LogP contribution >= 0.6 is 11.6 Å². The van der Waals surface area contributed by atoms with Crippen molar-refractivity contribution in [1.82, 2.24) is 4.68 Å². The normalized spacial score (nSPS) is 11.4. The largest absolute Gasteiger partial charge is 0.262 e. The fourth-order valence-corrected chi connectivity index (χ4v) is 1.22. The molecule has 1 rings (SSSR count). The highest BCUT2D eigenvalue weighted by molar-refractivity contribution is 7.93. The van der Waals surface area contributed by atoms with E-state index in [9.17, 15) is 8.42 Å². The summed E-state index contributed by atoms with van der Waals surface area (Å²) >= 11 is 5.15. The Morgan fingerprint density at radius 3 is 2.36 bits per heavy atom. The summed E-state index contributed by atoms with van der Waals surface area (Å²) in [5.41, 5.74) is 0. The average molecular weight is 195 g/mol. The first-order chi connectivity index (χ1) is 5.14. The molecule has 0 aliphatic carbocycles. The summed E-state index contributed by atoms with van der Waals surface area (Å²) < 4.78 is 22.9. The second-order valence-corrected chi connectivity index (χ2v) is 4.19. The number of nitrogens with one attached hydrogen (secondary N) is 1. The van der Waals surface area contributed by atoms with E-state index < -0.39 is 15.2 Å². The summed E-state index contributed by atoms with van der Waals surface area (Å²) in [5.74, 6) is 0. The van der Waals surface area contributed by atoms with E-state index in [1.807, 2.05) is 0 Å². The minimum atomic E-state index is -3.36. The number of alkyl halides is 1. The van der Waals surface area contributed by atoms with E-state index >= 15 is 0 Å². The van der Waals surface area contributed by atoms with Gasteiger partial charge in [-0.15, -0.1) is 11.6 Å². The highest BCUT2D eigenvalue weighted by atomic mass is 35.5. The molecule has 1 aromatic rings. The van der Waals surface area contributed by atoms with Gasteiger partial charge in [-0.2, -0.15) is 0 Å². The lowest BCUT2D eigenvalue weighted by molar-refractivity contribution is 0.600. The van der Waals surface area contributed by atoms with E-state index in [0.717, 1.165) is 0 Å². The molecule has 11 heavy (non-hydrogen) atoms. The Morgan fingerprint density at radius 1 is 1.36 bits per heavy atom. The van der Waals surface area contributed by atoms with Crippen LogP contribution in [0.15, 0.2) is 24.5 Å². The van der Waals surface area contributed by atoms with Crippen LogP contribution in [0.25, 0.3) is 0 Å². The lowest BCUT2D eigenvalue weighted by atomic mass is 10.7. The summed E-state index contributed by atoms with van der Waals surface area (Å²) in [6.07, 6.45) is 3.15. The van der Waals surface area contributed by atoms with Gasteiger partial charge in [-0.25, -0.2) is 13.2 Å². The molecule has 1 N–H and O–H groups in total. The van der Waals surface area contributed by atoms with Gasteiger partial charge in [-0.05, 0) is 12.1 Å². The standard InChI is InChI=1S/C5H7ClN2O2S/c6-5-11(9,10)7-8-3-1-2-4-8/h1-4,7H,5H2. The molecular formula is C5H7ClN2O2S. The highest BCUT2D eigenvalue weighted by Crippen LogP contribution is 1.92. The van der Waals surface area contributed by atoms with Crippen LogP contribution < -0.4 is 4.83 Å². The van der Waals surface area contributed by atoms with Gasteiger partial charge in [0.1, 0.15) is 5.21 Å². The van der Waals surface area contributed by atoms with Crippen molar-refractivity contribution in [3.8, 4) is 0 Å². The zero-order valence-corrected chi connectivity index (χ0v) is 7.14. The number of hydrogen-bond acceptors (Lipinski definition) is 2. The van der Waals surface area contributed by atoms with E-state index in [-0.39, 0.29) is 0 Å². The summed E-state index contributed by atoms with van der Waals surface area (Å²) in [6.45, 7) is 0. The van der Waals surface area contributed by atoms with Gasteiger partial charge in [0.05, 0.1) is 0 Å². The molecule has 0 aromatic carbocycles. The van der Waals surface area contributed by atoms with E-state index in [0.29, 0.717) is 0 Å². The van der Waals surface area contributed by atoms with Gasteiger partial charge in [-0.3, -0.25) is 4.68 Å². The Labute approximate surface area is 69.8 Å². The molecule has 0 spiro atoms. The smallest absolute Gasteiger partial charge is 0.260 e. The third-order valence-electron chi connectivity index (χ3n) is 0.993. The monoisotopic (exact) mass is 194 g/mol. The lowest BCUT2D eigenvalue weighted by Gasteiger charge is -2.04. The van der Waals surface area contributed by atoms with E-state index in [2.05, 4.69) is 4.83 Å². The second-order valence-electron chi connectivity index (χ2n) is 1.91. The Bertz CT molecular complexity index is 305. The fraction of sp³-hybridized carbons (Fsp3) is 0.200. The molecule has 0 bridgehead atoms. The van der Waals surface area contributed by atoms with Crippen LogP contribution in [0, 0.1) is 0 Å². The lowest BCUT2D eigenvalue weighted by Crippen LogP contribution is -2.22. The fourth-order valence-electron chi connectivity index (χ4n) is 0.580. The zero-order chi connectivity index (χ0) is 8.32. The molecule has 4 nitrogen and oxygen atoms in total. The molecule has 0 unspecified atom stereocenters. The number of hydrogen-bond donors (Lipinski definition) is 1. The molecule has 0 atom stereocenters. The minimum absolute atomic E-state index is 0.439. The minimum Gasteiger partial charge on any atom is -0.262 e. The number of sulfonamides is 1. The van der Waals surface area contributed by atoms with Gasteiger partial charge in [0.25, 0.3) is 10.0 Å². The topological polar surface area (TPSA) is 51.1 Å². The van der Waals surface area contributed by atoms with Crippen LogP contribution in [0.3, 0.4) is 0 Å². The second kappa shape index (κ2) is 3.15. The summed E-state index contributed by atoms with van der Waals surface area (Å²) in [5, 5.41) is -0.439. The Hall–Kier alpha value is -0.680. The van der Waals surface area contributed by atoms with Crippen molar-refractivity contribution >= 4 is 21.6 Å². The van der Waals surface area contributed by atoms with Gasteiger partial charge in [0.2, 0.25) is 0 Å². The van der Waals surface area contributed by atoms with Crippen molar-refractivity contribution < 1.29 is 8.42 Å². The molecule has 0 radical (unpaired) electrons. The van der Waals surface area contributed by atoms with Gasteiger partial charge in [-0.1, -0.05) is 0 Å². The summed E-state index contributed by atoms with van der Waals surface area (Å²) in [6, 6.07) is 3.41. The molecule has 0 amide bonds. The van der Waals surface area contributed by atoms with Crippen LogP contribution in [-0.2, 0) is 10.0 Å². The average Bonchev–Trinajstić information content (AvgIpc) is 2.39. The van der Waals surface area contributed by atoms with Crippen LogP contribution in [0.2, 0.25) is 0 Å². The van der Waals surface area contributed by atoms with Crippen LogP contribution in [0.1, 0.15) is 0 Å². The molecule has 6 heteroatoms. The summed E-state index contributed by atoms with van der Waals surface area (Å²) in [7, 11) is -3.36. The maximum Gasteiger partial charge on any atom is 0.260 e. The zero-order valence-electron chi connectivity index (χ0n) is 5.57. The predicted octanol–water partition coefficient (Wildman–Crippen LogP) is 0.558. The van der Waals surface area contributed by atoms with Gasteiger partial charge >= 0.3 is 0 Å². The predicted molar refractivity (Wildman–Crippen MR) is 43.4 cm³/mol. The van der Waals surface area contributed by atoms with Crippen molar-refractivity contribution in [3.63, 3.8) is 0 Å². The van der Waals surface area contributed by atoms with Crippen LogP contribution in [0.5, 0.6) is 0 Å². The molecule has 0 saturated heterocycles. The third kappa shape index (κ3) is 2.44. The van der Waals surface area contributed by atoms with Crippen LogP contribution in [-0.4, -0.2) is 18.3 Å². The number of rotatable bonds is 3. The van der Waals surface area contributed by atoms with Gasteiger partial charge in [0.15, 0.2) is 0 Å². The SMILES string of the molecule is O=S(=O)(CCl)Nn1cccc1.